The Bertz CT molecular complexity index is 1280. The third kappa shape index (κ3) is 5.91. The fraction of sp³-hybridized carbons (Fsp3) is 0.136. The minimum Gasteiger partial charge on any atom is -0.322 e. The third-order valence-corrected chi connectivity index (χ3v) is 6.84. The van der Waals surface area contributed by atoms with E-state index in [0.717, 1.165) is 29.8 Å². The van der Waals surface area contributed by atoms with E-state index in [9.17, 15) is 30.8 Å². The van der Waals surface area contributed by atoms with E-state index in [1.807, 2.05) is 0 Å². The molecule has 0 saturated heterocycles. The number of hydrogen-bond acceptors (Lipinski definition) is 3. The van der Waals surface area contributed by atoms with Gasteiger partial charge in [0.25, 0.3) is 10.0 Å². The van der Waals surface area contributed by atoms with E-state index in [-0.39, 0.29) is 16.3 Å². The molecule has 3 aromatic rings. The average molecular weight is 545 g/mol. The van der Waals surface area contributed by atoms with Gasteiger partial charge in [-0.25, -0.2) is 12.8 Å². The van der Waals surface area contributed by atoms with Crippen molar-refractivity contribution >= 4 is 43.2 Å². The lowest BCUT2D eigenvalue weighted by molar-refractivity contribution is -0.137. The predicted molar refractivity (Wildman–Crippen MR) is 120 cm³/mol. The second-order valence-corrected chi connectivity index (χ2v) is 9.82. The summed E-state index contributed by atoms with van der Waals surface area (Å²) < 4.78 is 81.3. The first kappa shape index (κ1) is 24.7. The smallest absolute Gasteiger partial charge is 0.322 e. The van der Waals surface area contributed by atoms with Crippen molar-refractivity contribution in [3.63, 3.8) is 0 Å². The van der Waals surface area contributed by atoms with Gasteiger partial charge >= 0.3 is 6.18 Å². The van der Waals surface area contributed by atoms with Crippen LogP contribution in [-0.4, -0.2) is 20.9 Å². The molecule has 0 atom stereocenters. The van der Waals surface area contributed by atoms with Crippen molar-refractivity contribution in [3.8, 4) is 0 Å². The van der Waals surface area contributed by atoms with Crippen molar-refractivity contribution < 1.29 is 30.8 Å². The number of benzene rings is 3. The number of hydrogen-bond donors (Lipinski definition) is 1. The Kier molecular flexibility index (Phi) is 7.13. The highest BCUT2D eigenvalue weighted by atomic mass is 79.9. The van der Waals surface area contributed by atoms with Gasteiger partial charge in [-0.1, -0.05) is 39.7 Å². The Balaban J connectivity index is 2.02. The van der Waals surface area contributed by atoms with Gasteiger partial charge in [-0.05, 0) is 55.5 Å². The van der Waals surface area contributed by atoms with E-state index in [0.29, 0.717) is 14.8 Å². The number of carbonyl (C=O) groups is 1. The molecular weight excluding hydrogens is 528 g/mol. The van der Waals surface area contributed by atoms with Crippen LogP contribution in [0.25, 0.3) is 0 Å². The summed E-state index contributed by atoms with van der Waals surface area (Å²) in [6.07, 6.45) is -4.72. The number of amides is 1. The van der Waals surface area contributed by atoms with Gasteiger partial charge in [-0.15, -0.1) is 0 Å². The first-order valence-corrected chi connectivity index (χ1v) is 11.6. The molecule has 3 aromatic carbocycles. The summed E-state index contributed by atoms with van der Waals surface area (Å²) in [5.74, 6) is -1.71. The Hall–Kier alpha value is -2.92. The van der Waals surface area contributed by atoms with Crippen molar-refractivity contribution in [3.05, 3.63) is 88.1 Å². The van der Waals surface area contributed by atoms with Gasteiger partial charge in [0.1, 0.15) is 12.4 Å². The molecule has 0 saturated carbocycles. The number of halogens is 5. The molecule has 11 heteroatoms. The summed E-state index contributed by atoms with van der Waals surface area (Å²) >= 11 is 3.08. The fourth-order valence-corrected chi connectivity index (χ4v) is 4.65. The fourth-order valence-electron chi connectivity index (χ4n) is 2.90. The molecule has 0 aliphatic rings. The van der Waals surface area contributed by atoms with Gasteiger partial charge in [0.15, 0.2) is 0 Å². The van der Waals surface area contributed by atoms with Crippen LogP contribution in [0.4, 0.5) is 28.9 Å². The lowest BCUT2D eigenvalue weighted by atomic mass is 10.2. The Morgan fingerprint density at radius 3 is 2.30 bits per heavy atom. The van der Waals surface area contributed by atoms with Crippen molar-refractivity contribution in [2.45, 2.75) is 18.0 Å². The summed E-state index contributed by atoms with van der Waals surface area (Å²) in [6, 6.07) is 13.1. The summed E-state index contributed by atoms with van der Waals surface area (Å²) in [6.45, 7) is 0.855. The molecule has 174 valence electrons. The third-order valence-electron chi connectivity index (χ3n) is 4.56. The zero-order valence-electron chi connectivity index (χ0n) is 17.0. The minimum atomic E-state index is -4.72. The van der Waals surface area contributed by atoms with Gasteiger partial charge in [-0.2, -0.15) is 13.2 Å². The molecular formula is C22H17BrF4N2O3S. The monoisotopic (exact) mass is 544 g/mol. The number of alkyl halides is 3. The van der Waals surface area contributed by atoms with E-state index in [1.165, 1.54) is 36.4 Å². The van der Waals surface area contributed by atoms with Crippen molar-refractivity contribution in [2.24, 2.45) is 0 Å². The van der Waals surface area contributed by atoms with Crippen molar-refractivity contribution in [1.82, 2.24) is 0 Å². The van der Waals surface area contributed by atoms with E-state index >= 15 is 0 Å². The molecule has 0 unspecified atom stereocenters. The number of aryl methyl sites for hydroxylation is 1. The number of nitrogens with one attached hydrogen (secondary N) is 1. The van der Waals surface area contributed by atoms with Gasteiger partial charge in [0, 0.05) is 4.47 Å². The first-order valence-electron chi connectivity index (χ1n) is 9.39. The maximum absolute atomic E-state index is 14.1. The summed E-state index contributed by atoms with van der Waals surface area (Å²) in [5.41, 5.74) is -0.886. The standard InChI is InChI=1S/C22H17BrF4N2O3S/c1-14-5-8-18(9-6-14)33(31,32)29(17-4-2-3-15(11-17)22(25,26)27)13-21(30)28-20-10-7-16(23)12-19(20)24/h2-12H,13H2,1H3,(H,28,30). The van der Waals surface area contributed by atoms with E-state index in [2.05, 4.69) is 21.2 Å². The van der Waals surface area contributed by atoms with Crippen molar-refractivity contribution in [2.75, 3.05) is 16.2 Å². The molecule has 0 aromatic heterocycles. The van der Waals surface area contributed by atoms with E-state index < -0.39 is 40.0 Å². The summed E-state index contributed by atoms with van der Waals surface area (Å²) in [7, 11) is -4.43. The lowest BCUT2D eigenvalue weighted by Crippen LogP contribution is -2.38. The molecule has 0 aliphatic heterocycles. The first-order chi connectivity index (χ1) is 15.4. The number of sulfonamides is 1. The highest BCUT2D eigenvalue weighted by molar-refractivity contribution is 9.10. The molecule has 5 nitrogen and oxygen atoms in total. The van der Waals surface area contributed by atoms with Crippen molar-refractivity contribution in [1.29, 1.82) is 0 Å². The second kappa shape index (κ2) is 9.52. The molecule has 0 radical (unpaired) electrons. The highest BCUT2D eigenvalue weighted by Gasteiger charge is 2.33. The summed E-state index contributed by atoms with van der Waals surface area (Å²) in [5, 5.41) is 2.25. The van der Waals surface area contributed by atoms with Crippen LogP contribution < -0.4 is 9.62 Å². The number of carbonyl (C=O) groups excluding carboxylic acids is 1. The molecule has 0 fully saturated rings. The van der Waals surface area contributed by atoms with Crippen LogP contribution in [0.15, 0.2) is 76.1 Å². The van der Waals surface area contributed by atoms with Gasteiger partial charge < -0.3 is 5.32 Å². The van der Waals surface area contributed by atoms with Gasteiger partial charge in [0.2, 0.25) is 5.91 Å². The molecule has 0 bridgehead atoms. The van der Waals surface area contributed by atoms with Crippen LogP contribution >= 0.6 is 15.9 Å². The van der Waals surface area contributed by atoms with Crippen LogP contribution in [0.5, 0.6) is 0 Å². The van der Waals surface area contributed by atoms with Crippen LogP contribution in [0.1, 0.15) is 11.1 Å². The van der Waals surface area contributed by atoms with E-state index in [4.69, 9.17) is 0 Å². The lowest BCUT2D eigenvalue weighted by Gasteiger charge is -2.25. The Morgan fingerprint density at radius 2 is 1.70 bits per heavy atom. The summed E-state index contributed by atoms with van der Waals surface area (Å²) in [4.78, 5) is 12.4. The normalized spacial score (nSPS) is 11.8. The molecule has 1 amide bonds. The predicted octanol–water partition coefficient (Wildman–Crippen LogP) is 5.75. The molecule has 1 N–H and O–H groups in total. The molecule has 0 aliphatic carbocycles. The zero-order chi connectivity index (χ0) is 24.4. The average Bonchev–Trinajstić information content (AvgIpc) is 2.74. The largest absolute Gasteiger partial charge is 0.416 e. The number of nitrogens with zero attached hydrogens (tertiary/aromatic N) is 1. The van der Waals surface area contributed by atoms with Gasteiger partial charge in [0.05, 0.1) is 21.8 Å². The molecule has 0 spiro atoms. The van der Waals surface area contributed by atoms with Gasteiger partial charge in [-0.3, -0.25) is 9.10 Å². The molecule has 0 heterocycles. The van der Waals surface area contributed by atoms with E-state index in [1.54, 1.807) is 6.92 Å². The zero-order valence-corrected chi connectivity index (χ0v) is 19.4. The van der Waals surface area contributed by atoms with Crippen LogP contribution in [0.3, 0.4) is 0 Å². The molecule has 33 heavy (non-hydrogen) atoms. The van der Waals surface area contributed by atoms with Crippen LogP contribution in [0, 0.1) is 12.7 Å². The highest BCUT2D eigenvalue weighted by Crippen LogP contribution is 2.33. The Labute approximate surface area is 196 Å². The number of rotatable bonds is 6. The quantitative estimate of drug-likeness (QED) is 0.402. The maximum Gasteiger partial charge on any atom is 0.416 e. The number of anilines is 2. The van der Waals surface area contributed by atoms with Crippen LogP contribution in [-0.2, 0) is 21.0 Å². The minimum absolute atomic E-state index is 0.208. The maximum atomic E-state index is 14.1. The topological polar surface area (TPSA) is 66.5 Å². The Morgan fingerprint density at radius 1 is 1.03 bits per heavy atom. The van der Waals surface area contributed by atoms with Crippen LogP contribution in [0.2, 0.25) is 0 Å². The molecule has 3 rings (SSSR count). The second-order valence-electron chi connectivity index (χ2n) is 7.05. The SMILES string of the molecule is Cc1ccc(S(=O)(=O)N(CC(=O)Nc2ccc(Br)cc2F)c2cccc(C(F)(F)F)c2)cc1.